The molecule has 1 N–H and O–H groups in total. The van der Waals surface area contributed by atoms with Gasteiger partial charge >= 0.3 is 6.09 Å². The number of aromatic nitrogens is 2. The molecule has 0 spiro atoms. The third-order valence-electron chi connectivity index (χ3n) is 4.21. The van der Waals surface area contributed by atoms with Crippen molar-refractivity contribution in [1.82, 2.24) is 9.97 Å². The second-order valence-electron chi connectivity index (χ2n) is 6.27. The van der Waals surface area contributed by atoms with Crippen LogP contribution in [0.2, 0.25) is 0 Å². The number of cyclic esters (lactones) is 1. The summed E-state index contributed by atoms with van der Waals surface area (Å²) in [6.45, 7) is 6.57. The van der Waals surface area contributed by atoms with Crippen LogP contribution in [-0.2, 0) is 4.74 Å². The van der Waals surface area contributed by atoms with E-state index in [1.807, 2.05) is 37.3 Å². The Kier molecular flexibility index (Phi) is 4.64. The summed E-state index contributed by atoms with van der Waals surface area (Å²) in [6.07, 6.45) is 1.31. The number of benzene rings is 1. The Labute approximate surface area is 141 Å². The predicted molar refractivity (Wildman–Crippen MR) is 93.0 cm³/mol. The van der Waals surface area contributed by atoms with E-state index in [-0.39, 0.29) is 24.1 Å². The van der Waals surface area contributed by atoms with Gasteiger partial charge in [0.15, 0.2) is 0 Å². The summed E-state index contributed by atoms with van der Waals surface area (Å²) < 4.78 is 5.19. The Bertz CT molecular complexity index is 705. The Morgan fingerprint density at radius 3 is 2.67 bits per heavy atom. The average Bonchev–Trinajstić information content (AvgIpc) is 2.98. The summed E-state index contributed by atoms with van der Waals surface area (Å²) in [5.41, 5.74) is 1.15. The van der Waals surface area contributed by atoms with Gasteiger partial charge in [0, 0.05) is 6.20 Å². The first-order chi connectivity index (χ1) is 11.6. The van der Waals surface area contributed by atoms with E-state index in [1.165, 1.54) is 0 Å². The molecule has 1 amide bonds. The van der Waals surface area contributed by atoms with Gasteiger partial charge in [-0.05, 0) is 24.5 Å². The van der Waals surface area contributed by atoms with Gasteiger partial charge in [0.25, 0.3) is 0 Å². The molecule has 0 aliphatic carbocycles. The number of anilines is 2. The number of ether oxygens (including phenoxy) is 1. The monoisotopic (exact) mass is 326 g/mol. The summed E-state index contributed by atoms with van der Waals surface area (Å²) in [4.78, 5) is 22.5. The van der Waals surface area contributed by atoms with E-state index >= 15 is 0 Å². The lowest BCUT2D eigenvalue weighted by Gasteiger charge is -2.23. The van der Waals surface area contributed by atoms with Gasteiger partial charge in [0.1, 0.15) is 12.4 Å². The molecular formula is C18H22N4O2. The van der Waals surface area contributed by atoms with Crippen molar-refractivity contribution < 1.29 is 9.53 Å². The van der Waals surface area contributed by atoms with Gasteiger partial charge in [-0.3, -0.25) is 4.90 Å². The molecule has 3 rings (SSSR count). The Hall–Kier alpha value is -2.63. The van der Waals surface area contributed by atoms with Crippen LogP contribution in [0.15, 0.2) is 42.6 Å². The molecule has 1 fully saturated rings. The van der Waals surface area contributed by atoms with Crippen LogP contribution in [0.25, 0.3) is 0 Å². The van der Waals surface area contributed by atoms with E-state index in [1.54, 1.807) is 17.2 Å². The number of hydrogen-bond donors (Lipinski definition) is 1. The first kappa shape index (κ1) is 16.2. The number of carbonyl (C=O) groups excluding carboxylic acids is 1. The molecule has 24 heavy (non-hydrogen) atoms. The summed E-state index contributed by atoms with van der Waals surface area (Å²) in [5.74, 6) is 1.34. The third kappa shape index (κ3) is 3.32. The van der Waals surface area contributed by atoms with E-state index in [4.69, 9.17) is 4.74 Å². The highest BCUT2D eigenvalue weighted by Gasteiger charge is 2.37. The minimum absolute atomic E-state index is 0.00760. The summed E-state index contributed by atoms with van der Waals surface area (Å²) in [6, 6.07) is 11.9. The van der Waals surface area contributed by atoms with Crippen molar-refractivity contribution in [3.05, 3.63) is 48.2 Å². The van der Waals surface area contributed by atoms with Crippen LogP contribution in [-0.4, -0.2) is 28.7 Å². The molecule has 1 aromatic heterocycles. The fourth-order valence-electron chi connectivity index (χ4n) is 2.76. The third-order valence-corrected chi connectivity index (χ3v) is 4.21. The second-order valence-corrected chi connectivity index (χ2v) is 6.27. The van der Waals surface area contributed by atoms with Crippen molar-refractivity contribution >= 4 is 17.9 Å². The Morgan fingerprint density at radius 1 is 1.21 bits per heavy atom. The molecule has 1 aromatic carbocycles. The lowest BCUT2D eigenvalue weighted by atomic mass is 10.0. The molecule has 126 valence electrons. The summed E-state index contributed by atoms with van der Waals surface area (Å²) >= 11 is 0. The topological polar surface area (TPSA) is 67.3 Å². The van der Waals surface area contributed by atoms with Crippen LogP contribution < -0.4 is 10.2 Å². The summed E-state index contributed by atoms with van der Waals surface area (Å²) in [5, 5.41) is 3.28. The molecule has 0 unspecified atom stereocenters. The smallest absolute Gasteiger partial charge is 0.415 e. The zero-order chi connectivity index (χ0) is 17.1. The van der Waals surface area contributed by atoms with Gasteiger partial charge in [-0.1, -0.05) is 44.2 Å². The Morgan fingerprint density at radius 2 is 1.96 bits per heavy atom. The van der Waals surface area contributed by atoms with Crippen molar-refractivity contribution in [2.24, 2.45) is 5.92 Å². The lowest BCUT2D eigenvalue weighted by Crippen LogP contribution is -2.37. The van der Waals surface area contributed by atoms with E-state index < -0.39 is 0 Å². The highest BCUT2D eigenvalue weighted by atomic mass is 16.6. The molecule has 2 atom stereocenters. The fraction of sp³-hybridized carbons (Fsp3) is 0.389. The standard InChI is InChI=1S/C18H22N4O2/c1-12(2)15-11-24-18(23)22(15)16-9-10-19-17(21-16)20-13(3)14-7-5-4-6-8-14/h4-10,12-13,15H,11H2,1-3H3,(H,19,20,21)/t13-,15-/m0/s1. The van der Waals surface area contributed by atoms with E-state index in [0.717, 1.165) is 5.56 Å². The van der Waals surface area contributed by atoms with Crippen molar-refractivity contribution in [2.45, 2.75) is 32.9 Å². The maximum absolute atomic E-state index is 12.1. The molecule has 0 saturated carbocycles. The molecular weight excluding hydrogens is 304 g/mol. The van der Waals surface area contributed by atoms with Gasteiger partial charge in [0.05, 0.1) is 12.1 Å². The fourth-order valence-corrected chi connectivity index (χ4v) is 2.76. The van der Waals surface area contributed by atoms with E-state index in [2.05, 4.69) is 29.1 Å². The number of rotatable bonds is 5. The first-order valence-corrected chi connectivity index (χ1v) is 8.17. The number of hydrogen-bond acceptors (Lipinski definition) is 5. The SMILES string of the molecule is CC(C)[C@@H]1COC(=O)N1c1ccnc(N[C@@H](C)c2ccccc2)n1. The highest BCUT2D eigenvalue weighted by molar-refractivity contribution is 5.89. The molecule has 2 aromatic rings. The minimum Gasteiger partial charge on any atom is -0.447 e. The normalized spacial score (nSPS) is 18.6. The highest BCUT2D eigenvalue weighted by Crippen LogP contribution is 2.26. The van der Waals surface area contributed by atoms with Gasteiger partial charge in [-0.25, -0.2) is 9.78 Å². The second kappa shape index (κ2) is 6.86. The van der Waals surface area contributed by atoms with E-state index in [0.29, 0.717) is 18.4 Å². The molecule has 1 aliphatic rings. The molecule has 0 radical (unpaired) electrons. The zero-order valence-corrected chi connectivity index (χ0v) is 14.1. The molecule has 1 saturated heterocycles. The van der Waals surface area contributed by atoms with Crippen LogP contribution in [0, 0.1) is 5.92 Å². The van der Waals surface area contributed by atoms with E-state index in [9.17, 15) is 4.79 Å². The number of nitrogens with zero attached hydrogens (tertiary/aromatic N) is 3. The molecule has 6 heteroatoms. The zero-order valence-electron chi connectivity index (χ0n) is 14.1. The maximum atomic E-state index is 12.1. The van der Waals surface area contributed by atoms with Gasteiger partial charge in [-0.2, -0.15) is 4.98 Å². The largest absolute Gasteiger partial charge is 0.447 e. The van der Waals surface area contributed by atoms with Crippen LogP contribution in [0.5, 0.6) is 0 Å². The van der Waals surface area contributed by atoms with Crippen molar-refractivity contribution in [3.8, 4) is 0 Å². The minimum atomic E-state index is -0.352. The number of nitrogens with one attached hydrogen (secondary N) is 1. The lowest BCUT2D eigenvalue weighted by molar-refractivity contribution is 0.177. The van der Waals surface area contributed by atoms with Crippen molar-refractivity contribution in [1.29, 1.82) is 0 Å². The maximum Gasteiger partial charge on any atom is 0.415 e. The van der Waals surface area contributed by atoms with Crippen LogP contribution >= 0.6 is 0 Å². The molecule has 6 nitrogen and oxygen atoms in total. The molecule has 0 bridgehead atoms. The quantitative estimate of drug-likeness (QED) is 0.909. The Balaban J connectivity index is 1.80. The predicted octanol–water partition coefficient (Wildman–Crippen LogP) is 3.63. The van der Waals surface area contributed by atoms with Gasteiger partial charge < -0.3 is 10.1 Å². The number of amides is 1. The average molecular weight is 326 g/mol. The van der Waals surface area contributed by atoms with Gasteiger partial charge in [0.2, 0.25) is 5.95 Å². The van der Waals surface area contributed by atoms with Crippen LogP contribution in [0.1, 0.15) is 32.4 Å². The first-order valence-electron chi connectivity index (χ1n) is 8.17. The van der Waals surface area contributed by atoms with Gasteiger partial charge in [-0.15, -0.1) is 0 Å². The van der Waals surface area contributed by atoms with Crippen LogP contribution in [0.3, 0.4) is 0 Å². The van der Waals surface area contributed by atoms with Crippen molar-refractivity contribution in [2.75, 3.05) is 16.8 Å². The summed E-state index contributed by atoms with van der Waals surface area (Å²) in [7, 11) is 0. The van der Waals surface area contributed by atoms with Crippen molar-refractivity contribution in [3.63, 3.8) is 0 Å². The van der Waals surface area contributed by atoms with Crippen LogP contribution in [0.4, 0.5) is 16.6 Å². The number of carbonyl (C=O) groups is 1. The molecule has 1 aliphatic heterocycles. The molecule has 2 heterocycles.